The molecule has 0 bridgehead atoms. The first-order valence-electron chi connectivity index (χ1n) is 10.5. The number of hydrogen-bond donors (Lipinski definition) is 0. The Bertz CT molecular complexity index is 1320. The number of carbonyl (C=O) groups excluding carboxylic acids is 1. The number of ketones is 1. The fraction of sp³-hybridized carbons (Fsp3) is 0.143. The topological polar surface area (TPSA) is 50.1 Å². The lowest BCUT2D eigenvalue weighted by molar-refractivity contribution is 0.0972. The Labute approximate surface area is 203 Å². The molecule has 0 saturated heterocycles. The molecule has 0 aliphatic carbocycles. The zero-order valence-corrected chi connectivity index (χ0v) is 19.5. The number of Topliss-reactive ketones (excluding diaryl/α,β-unsaturated/α-hetero) is 1. The van der Waals surface area contributed by atoms with Crippen molar-refractivity contribution in [1.29, 1.82) is 5.26 Å². The van der Waals surface area contributed by atoms with E-state index >= 15 is 0 Å². The van der Waals surface area contributed by atoms with Crippen molar-refractivity contribution in [2.45, 2.75) is 18.3 Å². The number of rotatable bonds is 7. The van der Waals surface area contributed by atoms with Gasteiger partial charge in [-0.3, -0.25) is 4.79 Å². The number of fused-ring (bicyclic) bond motifs is 1. The van der Waals surface area contributed by atoms with Crippen LogP contribution in [-0.2, 0) is 0 Å². The highest BCUT2D eigenvalue weighted by Crippen LogP contribution is 2.42. The van der Waals surface area contributed by atoms with E-state index in [9.17, 15) is 10.1 Å². The molecule has 4 aromatic carbocycles. The van der Waals surface area contributed by atoms with Crippen LogP contribution in [0.3, 0.4) is 0 Å². The number of nitriles is 1. The Morgan fingerprint density at radius 2 is 1.58 bits per heavy atom. The van der Waals surface area contributed by atoms with E-state index in [0.717, 1.165) is 16.3 Å². The SMILES string of the molecule is COc1ccc([C@H](CC(=O)c2ccc3ccccc3c2)[C@@H](C#N)c2c(Cl)cccc2Cl)cc1. The van der Waals surface area contributed by atoms with E-state index in [4.69, 9.17) is 27.9 Å². The Hall–Kier alpha value is -3.32. The maximum absolute atomic E-state index is 13.4. The van der Waals surface area contributed by atoms with Gasteiger partial charge in [-0.25, -0.2) is 0 Å². The van der Waals surface area contributed by atoms with Crippen LogP contribution in [0.4, 0.5) is 0 Å². The fourth-order valence-corrected chi connectivity index (χ4v) is 4.76. The van der Waals surface area contributed by atoms with Crippen molar-refractivity contribution in [3.05, 3.63) is 112 Å². The van der Waals surface area contributed by atoms with Crippen molar-refractivity contribution >= 4 is 39.8 Å². The minimum atomic E-state index is -0.705. The highest BCUT2D eigenvalue weighted by molar-refractivity contribution is 6.36. The molecular formula is C28H21Cl2NO2. The predicted octanol–water partition coefficient (Wildman–Crippen LogP) is 7.82. The number of ether oxygens (including phenoxy) is 1. The number of halogens is 2. The van der Waals surface area contributed by atoms with Gasteiger partial charge in [-0.2, -0.15) is 5.26 Å². The quantitative estimate of drug-likeness (QED) is 0.257. The van der Waals surface area contributed by atoms with Gasteiger partial charge >= 0.3 is 0 Å². The van der Waals surface area contributed by atoms with Crippen LogP contribution in [-0.4, -0.2) is 12.9 Å². The van der Waals surface area contributed by atoms with Crippen molar-refractivity contribution in [2.75, 3.05) is 7.11 Å². The van der Waals surface area contributed by atoms with E-state index in [2.05, 4.69) is 6.07 Å². The molecule has 0 unspecified atom stereocenters. The smallest absolute Gasteiger partial charge is 0.163 e. The highest BCUT2D eigenvalue weighted by Gasteiger charge is 2.31. The lowest BCUT2D eigenvalue weighted by Gasteiger charge is -2.24. The molecule has 0 aliphatic rings. The summed E-state index contributed by atoms with van der Waals surface area (Å²) in [5.74, 6) is -0.506. The summed E-state index contributed by atoms with van der Waals surface area (Å²) >= 11 is 12.9. The van der Waals surface area contributed by atoms with Crippen molar-refractivity contribution in [3.8, 4) is 11.8 Å². The first-order valence-corrected chi connectivity index (χ1v) is 11.3. The molecule has 164 valence electrons. The minimum absolute atomic E-state index is 0.0509. The molecule has 3 nitrogen and oxygen atoms in total. The Balaban J connectivity index is 1.76. The average molecular weight is 474 g/mol. The summed E-state index contributed by atoms with van der Waals surface area (Å²) in [6.45, 7) is 0. The van der Waals surface area contributed by atoms with Gasteiger partial charge in [0.25, 0.3) is 0 Å². The van der Waals surface area contributed by atoms with E-state index in [1.807, 2.05) is 66.7 Å². The summed E-state index contributed by atoms with van der Waals surface area (Å²) in [6.07, 6.45) is 0.129. The Morgan fingerprint density at radius 1 is 0.909 bits per heavy atom. The molecule has 33 heavy (non-hydrogen) atoms. The lowest BCUT2D eigenvalue weighted by Crippen LogP contribution is -2.16. The largest absolute Gasteiger partial charge is 0.497 e. The van der Waals surface area contributed by atoms with Gasteiger partial charge in [-0.1, -0.05) is 77.8 Å². The molecule has 0 spiro atoms. The third kappa shape index (κ3) is 4.88. The van der Waals surface area contributed by atoms with Crippen molar-refractivity contribution in [2.24, 2.45) is 0 Å². The minimum Gasteiger partial charge on any atom is -0.497 e. The van der Waals surface area contributed by atoms with Gasteiger partial charge in [0, 0.05) is 33.5 Å². The molecule has 4 rings (SSSR count). The fourth-order valence-electron chi connectivity index (χ4n) is 4.12. The molecule has 4 aromatic rings. The monoisotopic (exact) mass is 473 g/mol. The summed E-state index contributed by atoms with van der Waals surface area (Å²) in [5, 5.41) is 13.1. The van der Waals surface area contributed by atoms with Crippen LogP contribution in [0.15, 0.2) is 84.9 Å². The van der Waals surface area contributed by atoms with Gasteiger partial charge < -0.3 is 4.74 Å². The van der Waals surface area contributed by atoms with E-state index < -0.39 is 11.8 Å². The van der Waals surface area contributed by atoms with Gasteiger partial charge in [-0.15, -0.1) is 0 Å². The van der Waals surface area contributed by atoms with Crippen LogP contribution in [0.1, 0.15) is 39.7 Å². The zero-order chi connectivity index (χ0) is 23.4. The number of hydrogen-bond acceptors (Lipinski definition) is 3. The molecule has 0 N–H and O–H groups in total. The predicted molar refractivity (Wildman–Crippen MR) is 133 cm³/mol. The summed E-state index contributed by atoms with van der Waals surface area (Å²) in [7, 11) is 1.59. The summed E-state index contributed by atoms with van der Waals surface area (Å²) < 4.78 is 5.28. The first kappa shape index (κ1) is 22.9. The molecule has 0 heterocycles. The Morgan fingerprint density at radius 3 is 2.21 bits per heavy atom. The van der Waals surface area contributed by atoms with Crippen LogP contribution >= 0.6 is 23.2 Å². The second-order valence-corrected chi connectivity index (χ2v) is 8.63. The van der Waals surface area contributed by atoms with Crippen molar-refractivity contribution in [1.82, 2.24) is 0 Å². The van der Waals surface area contributed by atoms with E-state index in [0.29, 0.717) is 26.9 Å². The van der Waals surface area contributed by atoms with Crippen LogP contribution in [0, 0.1) is 11.3 Å². The van der Waals surface area contributed by atoms with Crippen molar-refractivity contribution < 1.29 is 9.53 Å². The average Bonchev–Trinajstić information content (AvgIpc) is 2.85. The van der Waals surface area contributed by atoms with E-state index in [1.165, 1.54) is 0 Å². The van der Waals surface area contributed by atoms with Gasteiger partial charge in [0.1, 0.15) is 5.75 Å². The van der Waals surface area contributed by atoms with Crippen LogP contribution in [0.5, 0.6) is 5.75 Å². The van der Waals surface area contributed by atoms with Crippen LogP contribution in [0.25, 0.3) is 10.8 Å². The summed E-state index contributed by atoms with van der Waals surface area (Å²) in [4.78, 5) is 13.4. The Kier molecular flexibility index (Phi) is 6.99. The molecule has 0 amide bonds. The number of nitrogens with zero attached hydrogens (tertiary/aromatic N) is 1. The molecule has 0 aromatic heterocycles. The number of methoxy groups -OCH3 is 1. The second kappa shape index (κ2) is 10.1. The van der Waals surface area contributed by atoms with Gasteiger partial charge in [0.2, 0.25) is 0 Å². The lowest BCUT2D eigenvalue weighted by atomic mass is 9.78. The van der Waals surface area contributed by atoms with Crippen molar-refractivity contribution in [3.63, 3.8) is 0 Å². The standard InChI is InChI=1S/C28H21Cl2NO2/c1-33-22-13-11-19(12-14-22)23(24(17-31)28-25(29)7-4-8-26(28)30)16-27(32)21-10-9-18-5-2-3-6-20(18)15-21/h2-15,23-24H,16H2,1H3/t23-,24+/m0/s1. The third-order valence-corrected chi connectivity index (χ3v) is 6.53. The van der Waals surface area contributed by atoms with E-state index in [-0.39, 0.29) is 12.2 Å². The van der Waals surface area contributed by atoms with Gasteiger partial charge in [0.05, 0.1) is 19.1 Å². The molecule has 0 saturated carbocycles. The summed E-state index contributed by atoms with van der Waals surface area (Å²) in [5.41, 5.74) is 1.98. The highest BCUT2D eigenvalue weighted by atomic mass is 35.5. The second-order valence-electron chi connectivity index (χ2n) is 7.81. The van der Waals surface area contributed by atoms with Crippen LogP contribution < -0.4 is 4.74 Å². The molecule has 0 fully saturated rings. The molecular weight excluding hydrogens is 453 g/mol. The zero-order valence-electron chi connectivity index (χ0n) is 18.0. The maximum Gasteiger partial charge on any atom is 0.163 e. The number of benzene rings is 4. The molecule has 2 atom stereocenters. The molecule has 0 aliphatic heterocycles. The first-order chi connectivity index (χ1) is 16.0. The number of carbonyl (C=O) groups is 1. The summed E-state index contributed by atoms with van der Waals surface area (Å²) in [6, 6.07) is 28.5. The third-order valence-electron chi connectivity index (χ3n) is 5.87. The van der Waals surface area contributed by atoms with Crippen LogP contribution in [0.2, 0.25) is 10.0 Å². The van der Waals surface area contributed by atoms with Gasteiger partial charge in [-0.05, 0) is 46.7 Å². The molecule has 0 radical (unpaired) electrons. The maximum atomic E-state index is 13.4. The van der Waals surface area contributed by atoms with Gasteiger partial charge in [0.15, 0.2) is 5.78 Å². The molecule has 5 heteroatoms. The normalized spacial score (nSPS) is 12.7. The van der Waals surface area contributed by atoms with E-state index in [1.54, 1.807) is 25.3 Å².